The highest BCUT2D eigenvalue weighted by Gasteiger charge is 2.17. The molecule has 0 aliphatic rings. The van der Waals surface area contributed by atoms with Crippen molar-refractivity contribution in [3.63, 3.8) is 0 Å². The molecule has 0 saturated carbocycles. The maximum absolute atomic E-state index is 12.8. The van der Waals surface area contributed by atoms with E-state index >= 15 is 0 Å². The number of H-pyrrole nitrogens is 1. The lowest BCUT2D eigenvalue weighted by molar-refractivity contribution is -0.113. The number of fused-ring (bicyclic) bond motifs is 1. The number of ether oxygens (including phenoxy) is 3. The van der Waals surface area contributed by atoms with Gasteiger partial charge in [-0.05, 0) is 31.2 Å². The molecule has 2 aromatic heterocycles. The molecule has 34 heavy (non-hydrogen) atoms. The molecule has 0 radical (unpaired) electrons. The number of aryl methyl sites for hydroxylation is 1. The highest BCUT2D eigenvalue weighted by atomic mass is 32.2. The minimum absolute atomic E-state index is 0.0510. The third kappa shape index (κ3) is 4.55. The van der Waals surface area contributed by atoms with Crippen molar-refractivity contribution in [2.24, 2.45) is 0 Å². The van der Waals surface area contributed by atoms with Crippen molar-refractivity contribution in [2.45, 2.75) is 12.1 Å². The third-order valence-corrected chi connectivity index (χ3v) is 6.05. The Kier molecular flexibility index (Phi) is 6.73. The molecule has 0 saturated heterocycles. The number of carbonyl (C=O) groups is 1. The van der Waals surface area contributed by atoms with Gasteiger partial charge in [-0.3, -0.25) is 19.9 Å². The first-order valence-corrected chi connectivity index (χ1v) is 11.2. The van der Waals surface area contributed by atoms with E-state index in [1.54, 1.807) is 37.0 Å². The Hall–Kier alpha value is -3.99. The number of nitrogens with zero attached hydrogens (tertiary/aromatic N) is 3. The van der Waals surface area contributed by atoms with Crippen LogP contribution in [0.15, 0.2) is 47.6 Å². The van der Waals surface area contributed by atoms with Crippen LogP contribution >= 0.6 is 11.8 Å². The average Bonchev–Trinajstić information content (AvgIpc) is 3.23. The number of hydrogen-bond acceptors (Lipinski definition) is 8. The fourth-order valence-corrected chi connectivity index (χ4v) is 4.27. The zero-order valence-corrected chi connectivity index (χ0v) is 19.9. The summed E-state index contributed by atoms with van der Waals surface area (Å²) in [6.45, 7) is 1.82. The molecule has 4 rings (SSSR count). The second kappa shape index (κ2) is 9.87. The quantitative estimate of drug-likeness (QED) is 0.261. The van der Waals surface area contributed by atoms with Gasteiger partial charge in [-0.2, -0.15) is 5.10 Å². The minimum atomic E-state index is -0.261. The van der Waals surface area contributed by atoms with Gasteiger partial charge >= 0.3 is 0 Å². The number of nitrogens with one attached hydrogen (secondary N) is 3. The largest absolute Gasteiger partial charge is 0.497 e. The molecule has 0 bridgehead atoms. The number of carbonyl (C=O) groups excluding carboxylic acids is 1. The van der Waals surface area contributed by atoms with Crippen molar-refractivity contribution >= 4 is 34.4 Å². The fraction of sp³-hybridized carbons (Fsp3) is 0.217. The van der Waals surface area contributed by atoms with Gasteiger partial charge in [0, 0.05) is 12.1 Å². The van der Waals surface area contributed by atoms with Crippen LogP contribution in [0.5, 0.6) is 17.2 Å². The average molecular weight is 481 g/mol. The van der Waals surface area contributed by atoms with Gasteiger partial charge in [-0.1, -0.05) is 17.8 Å². The number of aromatic nitrogens is 4. The number of benzene rings is 2. The molecule has 0 aliphatic carbocycles. The van der Waals surface area contributed by atoms with Crippen LogP contribution < -0.4 is 25.0 Å². The smallest absolute Gasteiger partial charge is 0.234 e. The third-order valence-electron chi connectivity index (χ3n) is 5.11. The van der Waals surface area contributed by atoms with E-state index in [9.17, 15) is 4.79 Å². The van der Waals surface area contributed by atoms with Crippen molar-refractivity contribution in [1.82, 2.24) is 19.7 Å². The first-order chi connectivity index (χ1) is 16.4. The fourth-order valence-electron chi connectivity index (χ4n) is 3.45. The Bertz CT molecular complexity index is 1410. The molecule has 10 nitrogen and oxygen atoms in total. The molecule has 1 amide bonds. The summed E-state index contributed by atoms with van der Waals surface area (Å²) in [6.07, 6.45) is 0. The molecular weight excluding hydrogens is 456 g/mol. The van der Waals surface area contributed by atoms with Gasteiger partial charge in [0.1, 0.15) is 22.7 Å². The van der Waals surface area contributed by atoms with Gasteiger partial charge in [-0.25, -0.2) is 4.98 Å². The Morgan fingerprint density at radius 2 is 1.88 bits per heavy atom. The number of aromatic amines is 1. The summed E-state index contributed by atoms with van der Waals surface area (Å²) < 4.78 is 17.6. The number of amides is 1. The molecule has 176 valence electrons. The lowest BCUT2D eigenvalue weighted by atomic mass is 10.2. The molecule has 0 unspecified atom stereocenters. The zero-order chi connectivity index (χ0) is 24.2. The molecular formula is C23H24N6O4S. The van der Waals surface area contributed by atoms with Gasteiger partial charge < -0.3 is 19.5 Å². The van der Waals surface area contributed by atoms with Crippen LogP contribution in [0.3, 0.4) is 0 Å². The van der Waals surface area contributed by atoms with Crippen molar-refractivity contribution in [3.8, 4) is 22.9 Å². The first-order valence-electron chi connectivity index (χ1n) is 10.3. The van der Waals surface area contributed by atoms with Crippen LogP contribution in [0.1, 0.15) is 5.69 Å². The van der Waals surface area contributed by atoms with E-state index in [1.165, 1.54) is 18.9 Å². The van der Waals surface area contributed by atoms with Crippen molar-refractivity contribution < 1.29 is 19.0 Å². The summed E-state index contributed by atoms with van der Waals surface area (Å²) in [5.41, 5.74) is 2.56. The van der Waals surface area contributed by atoms with E-state index in [2.05, 4.69) is 20.5 Å². The summed E-state index contributed by atoms with van der Waals surface area (Å²) in [5.74, 6) is 1.55. The highest BCUT2D eigenvalue weighted by molar-refractivity contribution is 7.99. The van der Waals surface area contributed by atoms with E-state index in [1.807, 2.05) is 31.2 Å². The topological polar surface area (TPSA) is 127 Å². The number of rotatable bonds is 8. The molecule has 2 aromatic carbocycles. The van der Waals surface area contributed by atoms with E-state index in [4.69, 9.17) is 19.6 Å². The standard InChI is InChI=1S/C23H24N6O4S/c1-13-20-21(24)29(14-6-5-7-15(10-14)31-2)23(26-22(20)28-27-13)34-12-19(30)25-17-11-16(32-3)8-9-18(17)33-4/h5-11,24H,12H2,1-4H3,(H,25,30)(H,27,28). The number of methoxy groups -OCH3 is 3. The summed E-state index contributed by atoms with van der Waals surface area (Å²) in [5, 5.41) is 19.8. The maximum Gasteiger partial charge on any atom is 0.234 e. The highest BCUT2D eigenvalue weighted by Crippen LogP contribution is 2.29. The van der Waals surface area contributed by atoms with Gasteiger partial charge in [0.2, 0.25) is 5.91 Å². The van der Waals surface area contributed by atoms with Gasteiger partial charge in [-0.15, -0.1) is 0 Å². The molecule has 2 heterocycles. The predicted molar refractivity (Wildman–Crippen MR) is 129 cm³/mol. The van der Waals surface area contributed by atoms with Crippen molar-refractivity contribution in [1.29, 1.82) is 5.41 Å². The van der Waals surface area contributed by atoms with Crippen molar-refractivity contribution in [3.05, 3.63) is 53.6 Å². The monoisotopic (exact) mass is 480 g/mol. The molecule has 3 N–H and O–H groups in total. The number of anilines is 1. The summed E-state index contributed by atoms with van der Waals surface area (Å²) in [6, 6.07) is 12.5. The molecule has 4 aromatic rings. The molecule has 0 spiro atoms. The number of hydrogen-bond donors (Lipinski definition) is 3. The van der Waals surface area contributed by atoms with E-state index < -0.39 is 0 Å². The molecule has 0 atom stereocenters. The van der Waals surface area contributed by atoms with E-state index in [0.29, 0.717) is 50.5 Å². The predicted octanol–water partition coefficient (Wildman–Crippen LogP) is 3.29. The van der Waals surface area contributed by atoms with E-state index in [0.717, 1.165) is 0 Å². The van der Waals surface area contributed by atoms with Gasteiger partial charge in [0.15, 0.2) is 10.8 Å². The Balaban J connectivity index is 1.67. The van der Waals surface area contributed by atoms with Gasteiger partial charge in [0.05, 0.1) is 49.5 Å². The Morgan fingerprint density at radius 1 is 1.12 bits per heavy atom. The van der Waals surface area contributed by atoms with Crippen LogP contribution in [-0.2, 0) is 4.79 Å². The first kappa shape index (κ1) is 23.2. The molecule has 11 heteroatoms. The second-order valence-electron chi connectivity index (χ2n) is 7.22. The SMILES string of the molecule is COc1cccc(-n2c(SCC(=O)Nc3cc(OC)ccc3OC)nc3[nH]nc(C)c3c2=N)c1. The maximum atomic E-state index is 12.8. The van der Waals surface area contributed by atoms with Gasteiger partial charge in [0.25, 0.3) is 0 Å². The normalized spacial score (nSPS) is 10.8. The Labute approximate surface area is 199 Å². The lowest BCUT2D eigenvalue weighted by Crippen LogP contribution is -2.23. The van der Waals surface area contributed by atoms with Crippen LogP contribution in [0.25, 0.3) is 16.7 Å². The molecule has 0 aliphatic heterocycles. The van der Waals surface area contributed by atoms with Crippen LogP contribution in [-0.4, -0.2) is 52.7 Å². The van der Waals surface area contributed by atoms with Crippen molar-refractivity contribution in [2.75, 3.05) is 32.4 Å². The van der Waals surface area contributed by atoms with Crippen LogP contribution in [0, 0.1) is 12.3 Å². The summed E-state index contributed by atoms with van der Waals surface area (Å²) in [4.78, 5) is 17.5. The lowest BCUT2D eigenvalue weighted by Gasteiger charge is -2.15. The summed E-state index contributed by atoms with van der Waals surface area (Å²) >= 11 is 1.20. The Morgan fingerprint density at radius 3 is 2.62 bits per heavy atom. The van der Waals surface area contributed by atoms with E-state index in [-0.39, 0.29) is 17.1 Å². The number of thioether (sulfide) groups is 1. The van der Waals surface area contributed by atoms with Crippen LogP contribution in [0.2, 0.25) is 0 Å². The minimum Gasteiger partial charge on any atom is -0.497 e. The second-order valence-corrected chi connectivity index (χ2v) is 8.16. The molecule has 0 fully saturated rings. The summed E-state index contributed by atoms with van der Waals surface area (Å²) in [7, 11) is 4.67. The van der Waals surface area contributed by atoms with Crippen LogP contribution in [0.4, 0.5) is 5.69 Å². The zero-order valence-electron chi connectivity index (χ0n) is 19.1.